The van der Waals surface area contributed by atoms with E-state index in [-0.39, 0.29) is 6.42 Å². The molecule has 0 heterocycles. The van der Waals surface area contributed by atoms with Gasteiger partial charge < -0.3 is 10.2 Å². The zero-order valence-electron chi connectivity index (χ0n) is 17.2. The SMILES string of the molecule is C[C@]12CC[C@@H]3[C@H]4C=CC(CCC(=O)O)C[C@@H]4CC[C@H]3[C@@H]1CC[C@@H]2CCC(=O)O. The van der Waals surface area contributed by atoms with Gasteiger partial charge in [-0.2, -0.15) is 0 Å². The van der Waals surface area contributed by atoms with Gasteiger partial charge in [0.25, 0.3) is 0 Å². The topological polar surface area (TPSA) is 74.6 Å². The fourth-order valence-electron chi connectivity index (χ4n) is 7.89. The molecule has 4 rings (SSSR count). The summed E-state index contributed by atoms with van der Waals surface area (Å²) in [5.74, 6) is 3.56. The van der Waals surface area contributed by atoms with E-state index in [0.717, 1.165) is 36.5 Å². The maximum Gasteiger partial charge on any atom is 0.303 e. The third-order valence-corrected chi connectivity index (χ3v) is 9.25. The summed E-state index contributed by atoms with van der Waals surface area (Å²) in [5, 5.41) is 18.1. The first-order valence-electron chi connectivity index (χ1n) is 11.5. The summed E-state index contributed by atoms with van der Waals surface area (Å²) in [6.07, 6.45) is 16.0. The summed E-state index contributed by atoms with van der Waals surface area (Å²) in [6.45, 7) is 2.47. The van der Waals surface area contributed by atoms with Crippen LogP contribution < -0.4 is 0 Å². The summed E-state index contributed by atoms with van der Waals surface area (Å²) in [5.41, 5.74) is 0.353. The molecule has 0 spiro atoms. The van der Waals surface area contributed by atoms with Crippen molar-refractivity contribution in [3.63, 3.8) is 0 Å². The minimum Gasteiger partial charge on any atom is -0.481 e. The maximum atomic E-state index is 11.1. The molecule has 0 aromatic rings. The first kappa shape index (κ1) is 20.0. The van der Waals surface area contributed by atoms with E-state index in [0.29, 0.717) is 29.6 Å². The average Bonchev–Trinajstić information content (AvgIpc) is 3.00. The highest BCUT2D eigenvalue weighted by molar-refractivity contribution is 5.66. The molecule has 0 aliphatic heterocycles. The first-order valence-corrected chi connectivity index (χ1v) is 11.5. The Morgan fingerprint density at radius 2 is 1.68 bits per heavy atom. The molecule has 0 amide bonds. The molecule has 0 bridgehead atoms. The number of carboxylic acids is 2. The van der Waals surface area contributed by atoms with Crippen LogP contribution in [-0.4, -0.2) is 22.2 Å². The summed E-state index contributed by atoms with van der Waals surface area (Å²) in [7, 11) is 0. The lowest BCUT2D eigenvalue weighted by atomic mass is 9.50. The smallest absolute Gasteiger partial charge is 0.303 e. The second-order valence-corrected chi connectivity index (χ2v) is 10.4. The quantitative estimate of drug-likeness (QED) is 0.599. The summed E-state index contributed by atoms with van der Waals surface area (Å²) >= 11 is 0. The number of allylic oxidation sites excluding steroid dienone is 2. The van der Waals surface area contributed by atoms with Crippen LogP contribution in [-0.2, 0) is 9.59 Å². The van der Waals surface area contributed by atoms with Gasteiger partial charge >= 0.3 is 11.9 Å². The third kappa shape index (κ3) is 3.64. The van der Waals surface area contributed by atoms with Crippen molar-refractivity contribution in [1.82, 2.24) is 0 Å². The molecular formula is C24H36O4. The van der Waals surface area contributed by atoms with Gasteiger partial charge in [0.1, 0.15) is 0 Å². The normalized spacial score (nSPS) is 44.4. The Bertz CT molecular complexity index is 641. The lowest BCUT2D eigenvalue weighted by Gasteiger charge is -2.55. The summed E-state index contributed by atoms with van der Waals surface area (Å²) in [4.78, 5) is 22.0. The van der Waals surface area contributed by atoms with Gasteiger partial charge in [0.2, 0.25) is 0 Å². The van der Waals surface area contributed by atoms with E-state index in [1.54, 1.807) is 0 Å². The van der Waals surface area contributed by atoms with Crippen LogP contribution in [0.1, 0.15) is 77.6 Å². The van der Waals surface area contributed by atoms with Crippen LogP contribution in [0.3, 0.4) is 0 Å². The van der Waals surface area contributed by atoms with Gasteiger partial charge in [0, 0.05) is 12.8 Å². The molecule has 28 heavy (non-hydrogen) atoms. The van der Waals surface area contributed by atoms with E-state index in [2.05, 4.69) is 19.1 Å². The fraction of sp³-hybridized carbons (Fsp3) is 0.833. The van der Waals surface area contributed by atoms with Gasteiger partial charge in [0.05, 0.1) is 0 Å². The third-order valence-electron chi connectivity index (χ3n) is 9.25. The Labute approximate surface area is 168 Å². The van der Waals surface area contributed by atoms with Crippen LogP contribution in [0.25, 0.3) is 0 Å². The molecule has 0 aromatic carbocycles. The Morgan fingerprint density at radius 1 is 0.929 bits per heavy atom. The highest BCUT2D eigenvalue weighted by atomic mass is 16.4. The minimum atomic E-state index is -0.676. The van der Waals surface area contributed by atoms with Crippen molar-refractivity contribution in [2.75, 3.05) is 0 Å². The van der Waals surface area contributed by atoms with Gasteiger partial charge in [-0.25, -0.2) is 0 Å². The number of rotatable bonds is 6. The van der Waals surface area contributed by atoms with E-state index in [9.17, 15) is 9.59 Å². The van der Waals surface area contributed by atoms with E-state index in [1.165, 1.54) is 44.9 Å². The highest BCUT2D eigenvalue weighted by Crippen LogP contribution is 2.64. The monoisotopic (exact) mass is 388 g/mol. The predicted octanol–water partition coefficient (Wildman–Crippen LogP) is 5.38. The van der Waals surface area contributed by atoms with Crippen LogP contribution in [0, 0.1) is 46.8 Å². The Morgan fingerprint density at radius 3 is 2.43 bits per heavy atom. The van der Waals surface area contributed by atoms with Gasteiger partial charge in [0.15, 0.2) is 0 Å². The van der Waals surface area contributed by atoms with Gasteiger partial charge in [-0.1, -0.05) is 19.1 Å². The molecule has 4 nitrogen and oxygen atoms in total. The molecule has 3 fully saturated rings. The van der Waals surface area contributed by atoms with E-state index < -0.39 is 11.9 Å². The Hall–Kier alpha value is -1.32. The van der Waals surface area contributed by atoms with Crippen molar-refractivity contribution in [3.05, 3.63) is 12.2 Å². The predicted molar refractivity (Wildman–Crippen MR) is 108 cm³/mol. The number of fused-ring (bicyclic) bond motifs is 5. The van der Waals surface area contributed by atoms with E-state index in [1.807, 2.05) is 0 Å². The lowest BCUT2D eigenvalue weighted by molar-refractivity contribution is -0.138. The molecule has 156 valence electrons. The van der Waals surface area contributed by atoms with Crippen molar-refractivity contribution in [3.8, 4) is 0 Å². The minimum absolute atomic E-state index is 0.288. The van der Waals surface area contributed by atoms with Crippen LogP contribution in [0.15, 0.2) is 12.2 Å². The number of hydrogen-bond donors (Lipinski definition) is 2. The molecule has 2 N–H and O–H groups in total. The molecule has 1 unspecified atom stereocenters. The number of aliphatic carboxylic acids is 2. The lowest BCUT2D eigenvalue weighted by Crippen LogP contribution is -2.47. The largest absolute Gasteiger partial charge is 0.481 e. The molecule has 0 radical (unpaired) electrons. The van der Waals surface area contributed by atoms with Gasteiger partial charge in [-0.3, -0.25) is 9.59 Å². The van der Waals surface area contributed by atoms with Crippen molar-refractivity contribution >= 4 is 11.9 Å². The van der Waals surface area contributed by atoms with Crippen LogP contribution in [0.5, 0.6) is 0 Å². The molecule has 3 saturated carbocycles. The van der Waals surface area contributed by atoms with Crippen molar-refractivity contribution in [2.24, 2.45) is 46.8 Å². The zero-order chi connectivity index (χ0) is 19.9. The van der Waals surface area contributed by atoms with Crippen LogP contribution in [0.4, 0.5) is 0 Å². The van der Waals surface area contributed by atoms with Crippen LogP contribution in [0.2, 0.25) is 0 Å². The van der Waals surface area contributed by atoms with Crippen molar-refractivity contribution < 1.29 is 19.8 Å². The second-order valence-electron chi connectivity index (χ2n) is 10.4. The first-order chi connectivity index (χ1) is 13.4. The fourth-order valence-corrected chi connectivity index (χ4v) is 7.89. The molecule has 4 aliphatic rings. The van der Waals surface area contributed by atoms with Crippen LogP contribution >= 0.6 is 0 Å². The molecule has 4 heteroatoms. The zero-order valence-corrected chi connectivity index (χ0v) is 17.2. The van der Waals surface area contributed by atoms with E-state index in [4.69, 9.17) is 10.2 Å². The van der Waals surface area contributed by atoms with Crippen molar-refractivity contribution in [2.45, 2.75) is 77.6 Å². The standard InChI is InChI=1S/C24H36O4/c1-24-13-12-19-18-7-2-15(3-10-22(25)26)14-16(18)4-8-20(19)21(24)9-5-17(24)6-11-23(27)28/h2,7,15-21H,3-6,8-14H2,1H3,(H,25,26)(H,27,28)/t15?,16-,17+,18-,19+,20+,21-,24+/m0/s1. The van der Waals surface area contributed by atoms with E-state index >= 15 is 0 Å². The number of carbonyl (C=O) groups is 2. The molecule has 0 aromatic heterocycles. The van der Waals surface area contributed by atoms with Gasteiger partial charge in [-0.15, -0.1) is 0 Å². The molecular weight excluding hydrogens is 352 g/mol. The maximum absolute atomic E-state index is 11.1. The molecule has 8 atom stereocenters. The summed E-state index contributed by atoms with van der Waals surface area (Å²) in [6, 6.07) is 0. The van der Waals surface area contributed by atoms with Gasteiger partial charge in [-0.05, 0) is 105 Å². The Balaban J connectivity index is 1.43. The number of hydrogen-bond acceptors (Lipinski definition) is 2. The Kier molecular flexibility index (Phi) is 5.59. The number of carboxylic acid groups (broad SMARTS) is 2. The van der Waals surface area contributed by atoms with Crippen molar-refractivity contribution in [1.29, 1.82) is 0 Å². The average molecular weight is 389 g/mol. The molecule has 0 saturated heterocycles. The second kappa shape index (κ2) is 7.84. The highest BCUT2D eigenvalue weighted by Gasteiger charge is 2.56. The summed E-state index contributed by atoms with van der Waals surface area (Å²) < 4.78 is 0. The molecule has 4 aliphatic carbocycles.